The van der Waals surface area contributed by atoms with Crippen molar-refractivity contribution in [3.05, 3.63) is 80.7 Å². The standard InChI is InChI=1S/C30H30ClN5O5/c1-35-11-8-19(9-12-35)36-29(39)22-14-24-25(15-23(22)30(36)40)34-27(33-24)26-17(7-10-32-28(26)38)5-6-20(37)16-41-21-4-2-3-18(31)13-21/h2-4,7,10,13-15,19-20,37H,5-6,8-9,11-12,16H2,1H3,(H,32,38)(H,33,34)/t20-/m1/s1. The number of likely N-dealkylation sites (tertiary alicyclic amines) is 1. The molecule has 0 bridgehead atoms. The summed E-state index contributed by atoms with van der Waals surface area (Å²) >= 11 is 5.99. The number of pyridine rings is 1. The van der Waals surface area contributed by atoms with Crippen molar-refractivity contribution in [2.75, 3.05) is 26.7 Å². The predicted molar refractivity (Wildman–Crippen MR) is 154 cm³/mol. The van der Waals surface area contributed by atoms with Gasteiger partial charge < -0.3 is 24.7 Å². The molecule has 2 aliphatic heterocycles. The summed E-state index contributed by atoms with van der Waals surface area (Å²) in [5, 5.41) is 11.1. The fraction of sp³-hybridized carbons (Fsp3) is 0.333. The number of aliphatic hydroxyl groups is 1. The summed E-state index contributed by atoms with van der Waals surface area (Å²) in [5.74, 6) is 0.314. The first kappa shape index (κ1) is 27.2. The molecule has 4 heterocycles. The van der Waals surface area contributed by atoms with E-state index in [0.29, 0.717) is 62.7 Å². The van der Waals surface area contributed by atoms with Crippen molar-refractivity contribution < 1.29 is 19.4 Å². The van der Waals surface area contributed by atoms with Crippen LogP contribution >= 0.6 is 11.6 Å². The zero-order chi connectivity index (χ0) is 28.7. The van der Waals surface area contributed by atoms with Crippen molar-refractivity contribution in [3.8, 4) is 17.1 Å². The van der Waals surface area contributed by atoms with Gasteiger partial charge in [-0.05, 0) is 87.8 Å². The minimum Gasteiger partial charge on any atom is -0.491 e. The number of piperidine rings is 1. The van der Waals surface area contributed by atoms with Gasteiger partial charge in [-0.2, -0.15) is 0 Å². The molecule has 0 aliphatic carbocycles. The fourth-order valence-electron chi connectivity index (χ4n) is 5.61. The predicted octanol–water partition coefficient (Wildman–Crippen LogP) is 3.63. The molecule has 212 valence electrons. The van der Waals surface area contributed by atoms with Gasteiger partial charge >= 0.3 is 0 Å². The van der Waals surface area contributed by atoms with Crippen molar-refractivity contribution in [2.45, 2.75) is 37.8 Å². The van der Waals surface area contributed by atoms with Crippen LogP contribution in [0, 0.1) is 0 Å². The van der Waals surface area contributed by atoms with Gasteiger partial charge in [-0.25, -0.2) is 4.98 Å². The smallest absolute Gasteiger partial charge is 0.261 e. The molecule has 2 aliphatic rings. The number of halogens is 1. The van der Waals surface area contributed by atoms with E-state index in [4.69, 9.17) is 16.3 Å². The maximum absolute atomic E-state index is 13.3. The van der Waals surface area contributed by atoms with Gasteiger partial charge in [0.25, 0.3) is 17.4 Å². The van der Waals surface area contributed by atoms with Crippen molar-refractivity contribution >= 4 is 34.4 Å². The van der Waals surface area contributed by atoms with Crippen LogP contribution in [0.1, 0.15) is 45.5 Å². The van der Waals surface area contributed by atoms with Crippen LogP contribution in [0.15, 0.2) is 53.5 Å². The Hall–Kier alpha value is -3.99. The topological polar surface area (TPSA) is 132 Å². The average Bonchev–Trinajstić information content (AvgIpc) is 3.47. The summed E-state index contributed by atoms with van der Waals surface area (Å²) in [6.07, 6.45) is 3.04. The van der Waals surface area contributed by atoms with Crippen LogP contribution in [-0.2, 0) is 6.42 Å². The largest absolute Gasteiger partial charge is 0.491 e. The Bertz CT molecular complexity index is 1640. The number of nitrogens with one attached hydrogen (secondary N) is 2. The van der Waals surface area contributed by atoms with E-state index in [9.17, 15) is 19.5 Å². The number of imide groups is 1. The van der Waals surface area contributed by atoms with E-state index in [2.05, 4.69) is 19.9 Å². The van der Waals surface area contributed by atoms with Crippen LogP contribution in [0.3, 0.4) is 0 Å². The third-order valence-electron chi connectivity index (χ3n) is 7.84. The summed E-state index contributed by atoms with van der Waals surface area (Å²) in [5.41, 5.74) is 2.45. The van der Waals surface area contributed by atoms with E-state index < -0.39 is 6.10 Å². The van der Waals surface area contributed by atoms with Crippen LogP contribution in [0.5, 0.6) is 5.75 Å². The second-order valence-electron chi connectivity index (χ2n) is 10.7. The molecular formula is C30H30ClN5O5. The number of ether oxygens (including phenoxy) is 1. The second-order valence-corrected chi connectivity index (χ2v) is 11.1. The molecule has 1 fully saturated rings. The van der Waals surface area contributed by atoms with Crippen molar-refractivity contribution in [1.82, 2.24) is 24.8 Å². The zero-order valence-corrected chi connectivity index (χ0v) is 23.3. The highest BCUT2D eigenvalue weighted by atomic mass is 35.5. The minimum absolute atomic E-state index is 0.0751. The third-order valence-corrected chi connectivity index (χ3v) is 8.08. The van der Waals surface area contributed by atoms with Crippen LogP contribution in [-0.4, -0.2) is 80.6 Å². The van der Waals surface area contributed by atoms with Gasteiger partial charge in [-0.1, -0.05) is 17.7 Å². The first-order valence-electron chi connectivity index (χ1n) is 13.7. The molecule has 0 saturated carbocycles. The Morgan fingerprint density at radius 3 is 2.61 bits per heavy atom. The minimum atomic E-state index is -0.774. The van der Waals surface area contributed by atoms with E-state index in [0.717, 1.165) is 25.9 Å². The molecule has 1 atom stereocenters. The SMILES string of the molecule is CN1CCC(N2C(=O)c3cc4nc(-c5c(CC[C@@H](O)COc6cccc(Cl)c6)cc[nH]c5=O)[nH]c4cc3C2=O)CC1. The normalized spacial score (nSPS) is 16.9. The summed E-state index contributed by atoms with van der Waals surface area (Å²) in [6, 6.07) is 11.9. The number of aromatic nitrogens is 3. The quantitative estimate of drug-likeness (QED) is 0.273. The summed E-state index contributed by atoms with van der Waals surface area (Å²) in [7, 11) is 2.03. The molecule has 6 rings (SSSR count). The van der Waals surface area contributed by atoms with Gasteiger partial charge in [-0.3, -0.25) is 19.3 Å². The van der Waals surface area contributed by atoms with Gasteiger partial charge in [0.15, 0.2) is 0 Å². The number of aliphatic hydroxyl groups excluding tert-OH is 1. The number of aryl methyl sites for hydroxylation is 1. The number of imidazole rings is 1. The average molecular weight is 576 g/mol. The van der Waals surface area contributed by atoms with Gasteiger partial charge in [0.2, 0.25) is 0 Å². The van der Waals surface area contributed by atoms with Crippen LogP contribution in [0.4, 0.5) is 0 Å². The number of nitrogens with zero attached hydrogens (tertiary/aromatic N) is 3. The number of hydrogen-bond acceptors (Lipinski definition) is 7. The first-order valence-corrected chi connectivity index (χ1v) is 14.0. The molecule has 0 spiro atoms. The molecule has 10 nitrogen and oxygen atoms in total. The summed E-state index contributed by atoms with van der Waals surface area (Å²) < 4.78 is 5.64. The lowest BCUT2D eigenvalue weighted by atomic mass is 10.0. The van der Waals surface area contributed by atoms with Crippen molar-refractivity contribution in [3.63, 3.8) is 0 Å². The Labute approximate surface area is 240 Å². The maximum atomic E-state index is 13.3. The molecule has 11 heteroatoms. The Kier molecular flexibility index (Phi) is 7.37. The molecule has 41 heavy (non-hydrogen) atoms. The zero-order valence-electron chi connectivity index (χ0n) is 22.5. The van der Waals surface area contributed by atoms with E-state index >= 15 is 0 Å². The van der Waals surface area contributed by atoms with Crippen LogP contribution < -0.4 is 10.3 Å². The molecular weight excluding hydrogens is 546 g/mol. The second kappa shape index (κ2) is 11.1. The van der Waals surface area contributed by atoms with E-state index in [1.54, 1.807) is 48.7 Å². The van der Waals surface area contributed by atoms with Gasteiger partial charge in [-0.15, -0.1) is 0 Å². The van der Waals surface area contributed by atoms with Gasteiger partial charge in [0.05, 0.1) is 33.8 Å². The number of amides is 2. The Balaban J connectivity index is 1.21. The number of carbonyl (C=O) groups is 2. The maximum Gasteiger partial charge on any atom is 0.261 e. The Morgan fingerprint density at radius 1 is 1.10 bits per heavy atom. The first-order chi connectivity index (χ1) is 19.8. The van der Waals surface area contributed by atoms with E-state index in [1.807, 2.05) is 7.05 Å². The summed E-state index contributed by atoms with van der Waals surface area (Å²) in [6.45, 7) is 1.75. The molecule has 2 amide bonds. The van der Waals surface area contributed by atoms with Crippen LogP contribution in [0.2, 0.25) is 5.02 Å². The molecule has 2 aromatic carbocycles. The van der Waals surface area contributed by atoms with E-state index in [1.165, 1.54) is 4.90 Å². The number of aromatic amines is 2. The number of rotatable bonds is 8. The lowest BCUT2D eigenvalue weighted by molar-refractivity contribution is 0.0516. The van der Waals surface area contributed by atoms with Crippen LogP contribution in [0.25, 0.3) is 22.4 Å². The molecule has 0 unspecified atom stereocenters. The van der Waals surface area contributed by atoms with Gasteiger partial charge in [0, 0.05) is 17.3 Å². The summed E-state index contributed by atoms with van der Waals surface area (Å²) in [4.78, 5) is 53.6. The highest BCUT2D eigenvalue weighted by Crippen LogP contribution is 2.32. The number of H-pyrrole nitrogens is 2. The number of carbonyl (C=O) groups excluding carboxylic acids is 2. The monoisotopic (exact) mass is 575 g/mol. The molecule has 2 aromatic heterocycles. The van der Waals surface area contributed by atoms with Gasteiger partial charge in [0.1, 0.15) is 18.2 Å². The third kappa shape index (κ3) is 5.38. The lowest BCUT2D eigenvalue weighted by Gasteiger charge is -2.33. The molecule has 0 radical (unpaired) electrons. The highest BCUT2D eigenvalue weighted by Gasteiger charge is 2.41. The van der Waals surface area contributed by atoms with Crippen molar-refractivity contribution in [1.29, 1.82) is 0 Å². The highest BCUT2D eigenvalue weighted by molar-refractivity contribution is 6.30. The lowest BCUT2D eigenvalue weighted by Crippen LogP contribution is -2.46. The molecule has 1 saturated heterocycles. The Morgan fingerprint density at radius 2 is 1.85 bits per heavy atom. The van der Waals surface area contributed by atoms with E-state index in [-0.39, 0.29) is 30.0 Å². The number of benzene rings is 2. The van der Waals surface area contributed by atoms with Crippen molar-refractivity contribution in [2.24, 2.45) is 0 Å². The molecule has 3 N–H and O–H groups in total. The fourth-order valence-corrected chi connectivity index (χ4v) is 5.79. The number of hydrogen-bond donors (Lipinski definition) is 3. The molecule has 4 aromatic rings. The number of fused-ring (bicyclic) bond motifs is 2.